The van der Waals surface area contributed by atoms with Crippen LogP contribution in [0, 0.1) is 0 Å². The SMILES string of the molecule is CC(O/N=C(\C(=O)N[C@@H]1C(=O)N(OC(C)C(=O)O)C1(C)C)c1csc(N)n1)C(=O)O. The van der Waals surface area contributed by atoms with Crippen molar-refractivity contribution in [3.8, 4) is 0 Å². The molecule has 3 atom stereocenters. The summed E-state index contributed by atoms with van der Waals surface area (Å²) in [4.78, 5) is 60.9. The number of hydrogen-bond donors (Lipinski definition) is 4. The predicted octanol–water partition coefficient (Wildman–Crippen LogP) is -0.571. The van der Waals surface area contributed by atoms with Crippen LogP contribution in [0.5, 0.6) is 0 Å². The van der Waals surface area contributed by atoms with Gasteiger partial charge in [0.1, 0.15) is 11.7 Å². The Morgan fingerprint density at radius 2 is 1.90 bits per heavy atom. The standard InChI is InChI=1S/C16H21N5O8S/c1-6(13(24)25)28-20-9(8-5-30-15(17)18-8)11(22)19-10-12(23)21(16(10,3)4)29-7(2)14(26)27/h5-7,10H,1-4H3,(H2,17,18)(H,19,22)(H,24,25)(H,26,27)/b20-9-/t6?,7?,10-/m1/s1. The molecule has 30 heavy (non-hydrogen) atoms. The van der Waals surface area contributed by atoms with Gasteiger partial charge in [0.2, 0.25) is 6.10 Å². The van der Waals surface area contributed by atoms with Crippen molar-refractivity contribution in [2.24, 2.45) is 5.16 Å². The van der Waals surface area contributed by atoms with Crippen LogP contribution in [0.15, 0.2) is 10.5 Å². The van der Waals surface area contributed by atoms with Crippen LogP contribution in [0.4, 0.5) is 5.13 Å². The summed E-state index contributed by atoms with van der Waals surface area (Å²) in [6.45, 7) is 5.60. The quantitative estimate of drug-likeness (QED) is 0.218. The highest BCUT2D eigenvalue weighted by Gasteiger charge is 2.57. The monoisotopic (exact) mass is 443 g/mol. The average Bonchev–Trinajstić information content (AvgIpc) is 3.09. The number of anilines is 1. The molecule has 0 saturated carbocycles. The zero-order valence-corrected chi connectivity index (χ0v) is 17.3. The van der Waals surface area contributed by atoms with Gasteiger partial charge in [0.15, 0.2) is 16.9 Å². The first-order chi connectivity index (χ1) is 13.9. The fraction of sp³-hybridized carbons (Fsp3) is 0.500. The number of hydroxylamine groups is 2. The molecule has 0 bridgehead atoms. The summed E-state index contributed by atoms with van der Waals surface area (Å²) in [6.07, 6.45) is -2.61. The van der Waals surface area contributed by atoms with E-state index in [1.165, 1.54) is 19.2 Å². The van der Waals surface area contributed by atoms with E-state index < -0.39 is 47.5 Å². The third kappa shape index (κ3) is 4.65. The van der Waals surface area contributed by atoms with Crippen LogP contribution in [0.25, 0.3) is 0 Å². The Balaban J connectivity index is 2.19. The fourth-order valence-electron chi connectivity index (χ4n) is 2.36. The van der Waals surface area contributed by atoms with Crippen molar-refractivity contribution in [1.29, 1.82) is 0 Å². The summed E-state index contributed by atoms with van der Waals surface area (Å²) in [7, 11) is 0. The highest BCUT2D eigenvalue weighted by molar-refractivity contribution is 7.13. The van der Waals surface area contributed by atoms with Crippen LogP contribution in [0.1, 0.15) is 33.4 Å². The van der Waals surface area contributed by atoms with E-state index in [1.807, 2.05) is 0 Å². The third-order valence-electron chi connectivity index (χ3n) is 4.19. The highest BCUT2D eigenvalue weighted by atomic mass is 32.1. The van der Waals surface area contributed by atoms with Gasteiger partial charge in [0.25, 0.3) is 11.8 Å². The van der Waals surface area contributed by atoms with Crippen LogP contribution in [-0.4, -0.2) is 73.5 Å². The van der Waals surface area contributed by atoms with Crippen molar-refractivity contribution in [2.45, 2.75) is 51.5 Å². The van der Waals surface area contributed by atoms with E-state index in [2.05, 4.69) is 15.5 Å². The molecule has 2 rings (SSSR count). The Bertz CT molecular complexity index is 898. The normalized spacial score (nSPS) is 20.1. The number of aromatic nitrogens is 1. The van der Waals surface area contributed by atoms with Crippen molar-refractivity contribution in [1.82, 2.24) is 15.4 Å². The molecule has 1 fully saturated rings. The summed E-state index contributed by atoms with van der Waals surface area (Å²) in [5.41, 5.74) is 4.16. The number of β-lactam (4-membered cyclic amide) rings is 1. The number of hydrogen-bond acceptors (Lipinski definition) is 10. The van der Waals surface area contributed by atoms with Gasteiger partial charge in [-0.05, 0) is 27.7 Å². The minimum Gasteiger partial charge on any atom is -0.479 e. The average molecular weight is 443 g/mol. The van der Waals surface area contributed by atoms with Crippen LogP contribution in [0.3, 0.4) is 0 Å². The number of oxime groups is 1. The molecule has 2 amide bonds. The lowest BCUT2D eigenvalue weighted by Gasteiger charge is -2.52. The molecule has 1 aromatic rings. The van der Waals surface area contributed by atoms with E-state index in [4.69, 9.17) is 25.6 Å². The molecule has 1 saturated heterocycles. The predicted molar refractivity (Wildman–Crippen MR) is 102 cm³/mol. The number of nitrogen functional groups attached to an aromatic ring is 1. The number of amides is 2. The van der Waals surface area contributed by atoms with Gasteiger partial charge in [-0.2, -0.15) is 0 Å². The van der Waals surface area contributed by atoms with Gasteiger partial charge < -0.3 is 26.1 Å². The van der Waals surface area contributed by atoms with Crippen molar-refractivity contribution < 1.29 is 39.1 Å². The van der Waals surface area contributed by atoms with Crippen LogP contribution in [0.2, 0.25) is 0 Å². The molecule has 2 unspecified atom stereocenters. The largest absolute Gasteiger partial charge is 0.479 e. The van der Waals surface area contributed by atoms with Gasteiger partial charge in [0, 0.05) is 5.38 Å². The number of nitrogens with two attached hydrogens (primary N) is 1. The minimum atomic E-state index is -1.34. The molecule has 0 radical (unpaired) electrons. The van der Waals surface area contributed by atoms with E-state index in [0.29, 0.717) is 0 Å². The lowest BCUT2D eigenvalue weighted by molar-refractivity contribution is -0.273. The van der Waals surface area contributed by atoms with Gasteiger partial charge in [-0.15, -0.1) is 11.3 Å². The zero-order valence-electron chi connectivity index (χ0n) is 16.5. The molecular weight excluding hydrogens is 422 g/mol. The molecular formula is C16H21N5O8S. The first-order valence-corrected chi connectivity index (χ1v) is 9.46. The second kappa shape index (κ2) is 8.62. The summed E-state index contributed by atoms with van der Waals surface area (Å²) in [5.74, 6) is -4.09. The molecule has 1 aliphatic rings. The maximum absolute atomic E-state index is 12.8. The van der Waals surface area contributed by atoms with Crippen molar-refractivity contribution in [2.75, 3.05) is 5.73 Å². The van der Waals surface area contributed by atoms with E-state index in [1.54, 1.807) is 13.8 Å². The Labute approximate surface area is 174 Å². The highest BCUT2D eigenvalue weighted by Crippen LogP contribution is 2.32. The summed E-state index contributed by atoms with van der Waals surface area (Å²) in [6, 6.07) is -1.07. The van der Waals surface area contributed by atoms with Crippen LogP contribution in [-0.2, 0) is 28.9 Å². The summed E-state index contributed by atoms with van der Waals surface area (Å²) < 4.78 is 0. The van der Waals surface area contributed by atoms with Crippen molar-refractivity contribution >= 4 is 45.9 Å². The topological polar surface area (TPSA) is 194 Å². The van der Waals surface area contributed by atoms with E-state index in [-0.39, 0.29) is 16.5 Å². The molecule has 1 aromatic heterocycles. The molecule has 5 N–H and O–H groups in total. The van der Waals surface area contributed by atoms with Crippen LogP contribution >= 0.6 is 11.3 Å². The number of carboxylic acids is 2. The molecule has 0 aromatic carbocycles. The number of nitrogens with one attached hydrogen (secondary N) is 1. The van der Waals surface area contributed by atoms with E-state index in [9.17, 15) is 19.2 Å². The smallest absolute Gasteiger partial charge is 0.347 e. The number of carbonyl (C=O) groups excluding carboxylic acids is 2. The van der Waals surface area contributed by atoms with Crippen LogP contribution < -0.4 is 11.1 Å². The third-order valence-corrected chi connectivity index (χ3v) is 4.87. The van der Waals surface area contributed by atoms with Crippen molar-refractivity contribution in [3.05, 3.63) is 11.1 Å². The molecule has 2 heterocycles. The molecule has 1 aliphatic heterocycles. The van der Waals surface area contributed by atoms with Gasteiger partial charge in [-0.25, -0.2) is 19.6 Å². The number of carboxylic acid groups (broad SMARTS) is 2. The maximum atomic E-state index is 12.8. The van der Waals surface area contributed by atoms with E-state index in [0.717, 1.165) is 16.4 Å². The van der Waals surface area contributed by atoms with E-state index >= 15 is 0 Å². The number of rotatable bonds is 9. The lowest BCUT2D eigenvalue weighted by atomic mass is 9.84. The Morgan fingerprint density at radius 3 is 2.37 bits per heavy atom. The Hall–Kier alpha value is -3.26. The molecule has 13 nitrogen and oxygen atoms in total. The van der Waals surface area contributed by atoms with Gasteiger partial charge in [-0.3, -0.25) is 14.4 Å². The second-order valence-electron chi connectivity index (χ2n) is 6.88. The summed E-state index contributed by atoms with van der Waals surface area (Å²) in [5, 5.41) is 26.3. The molecule has 14 heteroatoms. The molecule has 164 valence electrons. The molecule has 0 aliphatic carbocycles. The van der Waals surface area contributed by atoms with Gasteiger partial charge in [0.05, 0.1) is 5.54 Å². The molecule has 0 spiro atoms. The first kappa shape index (κ1) is 23.0. The number of nitrogens with zero attached hydrogens (tertiary/aromatic N) is 3. The first-order valence-electron chi connectivity index (χ1n) is 8.58. The lowest BCUT2D eigenvalue weighted by Crippen LogP contribution is -2.77. The number of aliphatic carboxylic acids is 2. The van der Waals surface area contributed by atoms with Crippen molar-refractivity contribution in [3.63, 3.8) is 0 Å². The minimum absolute atomic E-state index is 0.0322. The fourth-order valence-corrected chi connectivity index (χ4v) is 2.91. The second-order valence-corrected chi connectivity index (χ2v) is 7.77. The number of thiazole rings is 1. The Kier molecular flexibility index (Phi) is 6.62. The number of carbonyl (C=O) groups is 4. The Morgan fingerprint density at radius 1 is 1.30 bits per heavy atom. The maximum Gasteiger partial charge on any atom is 0.347 e. The summed E-state index contributed by atoms with van der Waals surface area (Å²) >= 11 is 1.02. The zero-order chi connectivity index (χ0) is 22.8. The van der Waals surface area contributed by atoms with Gasteiger partial charge in [-0.1, -0.05) is 5.16 Å². The van der Waals surface area contributed by atoms with Gasteiger partial charge >= 0.3 is 11.9 Å².